The van der Waals surface area contributed by atoms with E-state index in [1.54, 1.807) is 20.8 Å². The number of esters is 1. The lowest BCUT2D eigenvalue weighted by Crippen LogP contribution is -2.23. The largest absolute Gasteiger partial charge is 0.503 e. The molecule has 0 spiro atoms. The highest BCUT2D eigenvalue weighted by Crippen LogP contribution is 2.36. The summed E-state index contributed by atoms with van der Waals surface area (Å²) in [5, 5.41) is 19.4. The molecule has 0 bridgehead atoms. The van der Waals surface area contributed by atoms with Crippen molar-refractivity contribution in [3.8, 4) is 10.8 Å². The number of carbonyl (C=O) groups is 1. The Hall–Kier alpha value is -1.23. The lowest BCUT2D eigenvalue weighted by Gasteiger charge is -2.18. The van der Waals surface area contributed by atoms with E-state index >= 15 is 0 Å². The molecule has 78 valence electrons. The van der Waals surface area contributed by atoms with Crippen LogP contribution >= 0.6 is 11.3 Å². The first-order valence-corrected chi connectivity index (χ1v) is 4.92. The van der Waals surface area contributed by atoms with Gasteiger partial charge in [-0.2, -0.15) is 0 Å². The van der Waals surface area contributed by atoms with Crippen LogP contribution in [0.25, 0.3) is 0 Å². The summed E-state index contributed by atoms with van der Waals surface area (Å²) in [6.45, 7) is 5.19. The molecule has 0 aliphatic rings. The molecule has 1 rings (SSSR count). The van der Waals surface area contributed by atoms with Gasteiger partial charge in [-0.05, 0) is 20.8 Å². The Bertz CT molecular complexity index is 348. The van der Waals surface area contributed by atoms with Gasteiger partial charge in [0.1, 0.15) is 11.2 Å². The van der Waals surface area contributed by atoms with Crippen LogP contribution in [-0.4, -0.2) is 21.8 Å². The summed E-state index contributed by atoms with van der Waals surface area (Å²) in [4.78, 5) is 11.4. The number of aromatic hydroxyl groups is 2. The van der Waals surface area contributed by atoms with E-state index in [0.29, 0.717) is 0 Å². The van der Waals surface area contributed by atoms with Crippen LogP contribution in [-0.2, 0) is 4.74 Å². The lowest BCUT2D eigenvalue weighted by atomic mass is 10.2. The average molecular weight is 216 g/mol. The van der Waals surface area contributed by atoms with Crippen LogP contribution in [0.5, 0.6) is 10.8 Å². The van der Waals surface area contributed by atoms with E-state index in [0.717, 1.165) is 11.3 Å². The van der Waals surface area contributed by atoms with E-state index < -0.39 is 17.3 Å². The zero-order chi connectivity index (χ0) is 10.9. The first kappa shape index (κ1) is 10.8. The van der Waals surface area contributed by atoms with E-state index in [1.165, 1.54) is 5.38 Å². The van der Waals surface area contributed by atoms with Crippen molar-refractivity contribution in [3.63, 3.8) is 0 Å². The van der Waals surface area contributed by atoms with Crippen LogP contribution < -0.4 is 0 Å². The highest BCUT2D eigenvalue weighted by Gasteiger charge is 2.23. The third-order valence-electron chi connectivity index (χ3n) is 1.36. The van der Waals surface area contributed by atoms with Gasteiger partial charge in [0.2, 0.25) is 5.06 Å². The molecular formula is C9H12O4S. The molecule has 0 aromatic carbocycles. The predicted molar refractivity (Wildman–Crippen MR) is 52.8 cm³/mol. The second-order valence-electron chi connectivity index (χ2n) is 3.81. The lowest BCUT2D eigenvalue weighted by molar-refractivity contribution is 0.00671. The Kier molecular flexibility index (Phi) is 2.71. The van der Waals surface area contributed by atoms with Gasteiger partial charge in [0, 0.05) is 5.38 Å². The summed E-state index contributed by atoms with van der Waals surface area (Å²) in [6.07, 6.45) is 0. The summed E-state index contributed by atoms with van der Waals surface area (Å²) in [5.74, 6) is -1.05. The molecule has 1 heterocycles. The Morgan fingerprint density at radius 2 is 2.00 bits per heavy atom. The molecule has 0 fully saturated rings. The van der Waals surface area contributed by atoms with Gasteiger partial charge in [-0.15, -0.1) is 11.3 Å². The van der Waals surface area contributed by atoms with Gasteiger partial charge < -0.3 is 14.9 Å². The Labute approximate surface area is 85.8 Å². The van der Waals surface area contributed by atoms with Gasteiger partial charge in [0.25, 0.3) is 0 Å². The molecule has 0 aliphatic heterocycles. The van der Waals surface area contributed by atoms with E-state index in [-0.39, 0.29) is 10.6 Å². The summed E-state index contributed by atoms with van der Waals surface area (Å²) in [7, 11) is 0. The molecule has 0 saturated carbocycles. The van der Waals surface area contributed by atoms with Crippen molar-refractivity contribution in [1.29, 1.82) is 0 Å². The minimum atomic E-state index is -0.633. The summed E-state index contributed by atoms with van der Waals surface area (Å²) >= 11 is 0.890. The first-order valence-electron chi connectivity index (χ1n) is 4.04. The van der Waals surface area contributed by atoms with Crippen LogP contribution in [0.2, 0.25) is 0 Å². The average Bonchev–Trinajstić information content (AvgIpc) is 2.29. The molecule has 0 unspecified atom stereocenters. The molecule has 0 aliphatic carbocycles. The quantitative estimate of drug-likeness (QED) is 0.705. The van der Waals surface area contributed by atoms with Crippen LogP contribution in [0.1, 0.15) is 31.1 Å². The topological polar surface area (TPSA) is 66.8 Å². The predicted octanol–water partition coefficient (Wildman–Crippen LogP) is 2.11. The smallest absolute Gasteiger partial charge is 0.343 e. The normalized spacial score (nSPS) is 11.4. The maximum absolute atomic E-state index is 11.4. The minimum Gasteiger partial charge on any atom is -0.503 e. The van der Waals surface area contributed by atoms with Crippen LogP contribution in [0.4, 0.5) is 0 Å². The van der Waals surface area contributed by atoms with E-state index in [1.807, 2.05) is 0 Å². The van der Waals surface area contributed by atoms with Gasteiger partial charge in [0.15, 0.2) is 5.75 Å². The van der Waals surface area contributed by atoms with Crippen molar-refractivity contribution in [2.24, 2.45) is 0 Å². The molecule has 0 saturated heterocycles. The summed E-state index contributed by atoms with van der Waals surface area (Å²) in [5.41, 5.74) is -0.608. The van der Waals surface area contributed by atoms with Gasteiger partial charge in [0.05, 0.1) is 0 Å². The van der Waals surface area contributed by atoms with Crippen LogP contribution in [0.3, 0.4) is 0 Å². The molecule has 14 heavy (non-hydrogen) atoms. The second-order valence-corrected chi connectivity index (χ2v) is 4.66. The molecule has 4 nitrogen and oxygen atoms in total. The van der Waals surface area contributed by atoms with Gasteiger partial charge in [-0.25, -0.2) is 4.79 Å². The van der Waals surface area contributed by atoms with Crippen LogP contribution in [0.15, 0.2) is 5.38 Å². The van der Waals surface area contributed by atoms with Crippen molar-refractivity contribution in [2.75, 3.05) is 0 Å². The second kappa shape index (κ2) is 3.49. The monoisotopic (exact) mass is 216 g/mol. The number of hydrogen-bond acceptors (Lipinski definition) is 5. The number of ether oxygens (including phenoxy) is 1. The molecule has 0 atom stereocenters. The van der Waals surface area contributed by atoms with E-state index in [9.17, 15) is 9.90 Å². The fraction of sp³-hybridized carbons (Fsp3) is 0.444. The van der Waals surface area contributed by atoms with Crippen molar-refractivity contribution in [3.05, 3.63) is 10.9 Å². The summed E-state index contributed by atoms with van der Waals surface area (Å²) < 4.78 is 5.01. The van der Waals surface area contributed by atoms with Crippen LogP contribution in [0, 0.1) is 0 Å². The number of hydrogen-bond donors (Lipinski definition) is 2. The SMILES string of the molecule is CC(C)(C)OC(=O)c1csc(O)c1O. The zero-order valence-electron chi connectivity index (χ0n) is 8.20. The zero-order valence-corrected chi connectivity index (χ0v) is 9.01. The van der Waals surface area contributed by atoms with Gasteiger partial charge in [-0.1, -0.05) is 0 Å². The van der Waals surface area contributed by atoms with E-state index in [2.05, 4.69) is 0 Å². The van der Waals surface area contributed by atoms with Gasteiger partial charge >= 0.3 is 5.97 Å². The maximum Gasteiger partial charge on any atom is 0.343 e. The Balaban J connectivity index is 2.86. The van der Waals surface area contributed by atoms with E-state index in [4.69, 9.17) is 9.84 Å². The van der Waals surface area contributed by atoms with Gasteiger partial charge in [-0.3, -0.25) is 0 Å². The third kappa shape index (κ3) is 2.38. The minimum absolute atomic E-state index is 0.00225. The molecule has 0 radical (unpaired) electrons. The number of rotatable bonds is 1. The summed E-state index contributed by atoms with van der Waals surface area (Å²) in [6, 6.07) is 0. The molecule has 5 heteroatoms. The number of carbonyl (C=O) groups excluding carboxylic acids is 1. The van der Waals surface area contributed by atoms with Crippen molar-refractivity contribution in [1.82, 2.24) is 0 Å². The highest BCUT2D eigenvalue weighted by atomic mass is 32.1. The third-order valence-corrected chi connectivity index (χ3v) is 2.14. The maximum atomic E-state index is 11.4. The van der Waals surface area contributed by atoms with Crippen molar-refractivity contribution >= 4 is 17.3 Å². The van der Waals surface area contributed by atoms with Crippen molar-refractivity contribution in [2.45, 2.75) is 26.4 Å². The highest BCUT2D eigenvalue weighted by molar-refractivity contribution is 7.12. The fourth-order valence-electron chi connectivity index (χ4n) is 0.819. The number of thiophene rings is 1. The fourth-order valence-corrected chi connectivity index (χ4v) is 1.48. The molecule has 1 aromatic rings. The standard InChI is InChI=1S/C9H12O4S/c1-9(2,3)13-7(11)5-4-14-8(12)6(5)10/h4,10,12H,1-3H3. The van der Waals surface area contributed by atoms with Crippen molar-refractivity contribution < 1.29 is 19.7 Å². The molecular weight excluding hydrogens is 204 g/mol. The first-order chi connectivity index (χ1) is 6.31. The molecule has 0 amide bonds. The Morgan fingerprint density at radius 3 is 2.36 bits per heavy atom. The Morgan fingerprint density at radius 1 is 1.43 bits per heavy atom. The molecule has 2 N–H and O–H groups in total. The molecule has 1 aromatic heterocycles.